The summed E-state index contributed by atoms with van der Waals surface area (Å²) in [4.78, 5) is 25.5. The Morgan fingerprint density at radius 2 is 1.45 bits per heavy atom. The zero-order valence-electron chi connectivity index (χ0n) is 22.6. The molecule has 2 aromatic carbocycles. The van der Waals surface area contributed by atoms with Crippen LogP contribution in [-0.4, -0.2) is 52.9 Å². The molecule has 0 fully saturated rings. The summed E-state index contributed by atoms with van der Waals surface area (Å²) in [5.41, 5.74) is -3.02. The molecule has 210 valence electrons. The molecular formula is C27H36F3NO6Si. The Morgan fingerprint density at radius 1 is 0.895 bits per heavy atom. The van der Waals surface area contributed by atoms with E-state index in [1.807, 2.05) is 39.9 Å². The van der Waals surface area contributed by atoms with Gasteiger partial charge in [0.15, 0.2) is 8.32 Å². The van der Waals surface area contributed by atoms with Crippen LogP contribution in [0.25, 0.3) is 0 Å². The summed E-state index contributed by atoms with van der Waals surface area (Å²) in [5, 5.41) is 2.38. The summed E-state index contributed by atoms with van der Waals surface area (Å²) in [6, 6.07) is 14.5. The minimum Gasteiger partial charge on any atom is -0.461 e. The van der Waals surface area contributed by atoms with E-state index in [4.69, 9.17) is 18.6 Å². The molecule has 1 N–H and O–H groups in total. The Balaban J connectivity index is 2.20. The highest BCUT2D eigenvalue weighted by atomic mass is 28.4. The third kappa shape index (κ3) is 7.81. The predicted molar refractivity (Wildman–Crippen MR) is 139 cm³/mol. The molecule has 0 aromatic heterocycles. The number of alkyl halides is 3. The SMILES string of the molecule is COC(C(=O)OCC(CO[Si](C)(C)C(C)(C)C)NC(=O)OCc1ccccc1)(c1ccccc1)C(F)(F)F. The number of halogens is 3. The van der Waals surface area contributed by atoms with Gasteiger partial charge in [0.25, 0.3) is 5.60 Å². The second-order valence-electron chi connectivity index (χ2n) is 10.3. The second-order valence-corrected chi connectivity index (χ2v) is 15.1. The molecule has 0 spiro atoms. The quantitative estimate of drug-likeness (QED) is 0.273. The van der Waals surface area contributed by atoms with Crippen LogP contribution < -0.4 is 5.32 Å². The van der Waals surface area contributed by atoms with E-state index in [9.17, 15) is 22.8 Å². The first kappa shape index (κ1) is 31.3. The molecule has 2 atom stereocenters. The van der Waals surface area contributed by atoms with Crippen LogP contribution in [0, 0.1) is 0 Å². The molecule has 0 saturated heterocycles. The standard InChI is InChI=1S/C27H36F3NO6Si/c1-25(2,3)38(5,6)37-19-22(31-24(33)36-17-20-13-9-7-10-14-20)18-35-23(32)26(34-4,27(28,29)30)21-15-11-8-12-16-21/h7-16,22H,17-19H2,1-6H3,(H,31,33). The van der Waals surface area contributed by atoms with Crippen LogP contribution in [0.4, 0.5) is 18.0 Å². The zero-order chi connectivity index (χ0) is 28.6. The van der Waals surface area contributed by atoms with Crippen LogP contribution in [0.2, 0.25) is 18.1 Å². The minimum absolute atomic E-state index is 0.0167. The van der Waals surface area contributed by atoms with Gasteiger partial charge >= 0.3 is 18.2 Å². The molecule has 0 heterocycles. The van der Waals surface area contributed by atoms with Gasteiger partial charge in [0.1, 0.15) is 13.2 Å². The highest BCUT2D eigenvalue weighted by molar-refractivity contribution is 6.74. The Bertz CT molecular complexity index is 1040. The molecule has 0 aliphatic heterocycles. The second kappa shape index (κ2) is 12.8. The van der Waals surface area contributed by atoms with Gasteiger partial charge in [-0.1, -0.05) is 81.4 Å². The predicted octanol–water partition coefficient (Wildman–Crippen LogP) is 5.95. The van der Waals surface area contributed by atoms with E-state index in [1.165, 1.54) is 18.2 Å². The lowest BCUT2D eigenvalue weighted by atomic mass is 9.93. The van der Waals surface area contributed by atoms with Crippen LogP contribution in [0.5, 0.6) is 0 Å². The fraction of sp³-hybridized carbons (Fsp3) is 0.481. The van der Waals surface area contributed by atoms with Gasteiger partial charge in [0.05, 0.1) is 12.6 Å². The molecule has 1 amide bonds. The first-order valence-electron chi connectivity index (χ1n) is 12.1. The zero-order valence-corrected chi connectivity index (χ0v) is 23.6. The number of methoxy groups -OCH3 is 1. The molecule has 2 unspecified atom stereocenters. The molecule has 38 heavy (non-hydrogen) atoms. The molecule has 0 aliphatic rings. The van der Waals surface area contributed by atoms with E-state index >= 15 is 0 Å². The molecule has 2 rings (SSSR count). The largest absolute Gasteiger partial charge is 0.461 e. The maximum Gasteiger partial charge on any atom is 0.432 e. The van der Waals surface area contributed by atoms with E-state index in [0.29, 0.717) is 0 Å². The lowest BCUT2D eigenvalue weighted by Crippen LogP contribution is -2.53. The van der Waals surface area contributed by atoms with E-state index in [0.717, 1.165) is 24.8 Å². The molecular weight excluding hydrogens is 519 g/mol. The van der Waals surface area contributed by atoms with Gasteiger partial charge in [-0.2, -0.15) is 13.2 Å². The first-order valence-corrected chi connectivity index (χ1v) is 15.0. The number of nitrogens with one attached hydrogen (secondary N) is 1. The summed E-state index contributed by atoms with van der Waals surface area (Å²) in [6.45, 7) is 9.32. The smallest absolute Gasteiger partial charge is 0.432 e. The Kier molecular flexibility index (Phi) is 10.5. The Labute approximate surface area is 222 Å². The van der Waals surface area contributed by atoms with Crippen molar-refractivity contribution in [1.29, 1.82) is 0 Å². The number of benzene rings is 2. The van der Waals surface area contributed by atoms with Gasteiger partial charge in [0.2, 0.25) is 0 Å². The van der Waals surface area contributed by atoms with Crippen LogP contribution >= 0.6 is 0 Å². The molecule has 0 aliphatic carbocycles. The van der Waals surface area contributed by atoms with E-state index in [2.05, 4.69) is 5.32 Å². The van der Waals surface area contributed by atoms with Gasteiger partial charge in [-0.3, -0.25) is 0 Å². The average Bonchev–Trinajstić information content (AvgIpc) is 2.85. The third-order valence-electron chi connectivity index (χ3n) is 6.58. The van der Waals surface area contributed by atoms with Crippen molar-refractivity contribution in [2.24, 2.45) is 0 Å². The average molecular weight is 556 g/mol. The molecule has 0 saturated carbocycles. The van der Waals surface area contributed by atoms with Crippen molar-refractivity contribution in [2.75, 3.05) is 20.3 Å². The van der Waals surface area contributed by atoms with Crippen molar-refractivity contribution in [2.45, 2.75) is 63.3 Å². The van der Waals surface area contributed by atoms with Crippen molar-refractivity contribution < 1.29 is 41.4 Å². The van der Waals surface area contributed by atoms with Crippen molar-refractivity contribution in [3.8, 4) is 0 Å². The molecule has 2 aromatic rings. The number of carbonyl (C=O) groups is 2. The summed E-state index contributed by atoms with van der Waals surface area (Å²) >= 11 is 0. The van der Waals surface area contributed by atoms with Crippen LogP contribution in [0.1, 0.15) is 31.9 Å². The number of esters is 1. The van der Waals surface area contributed by atoms with Crippen molar-refractivity contribution in [3.63, 3.8) is 0 Å². The molecule has 11 heteroatoms. The van der Waals surface area contributed by atoms with Gasteiger partial charge in [-0.15, -0.1) is 0 Å². The lowest BCUT2D eigenvalue weighted by molar-refractivity contribution is -0.276. The molecule has 0 bridgehead atoms. The highest BCUT2D eigenvalue weighted by Gasteiger charge is 2.64. The number of hydrogen-bond donors (Lipinski definition) is 1. The van der Waals surface area contributed by atoms with Gasteiger partial charge in [0, 0.05) is 12.7 Å². The number of ether oxygens (including phenoxy) is 3. The van der Waals surface area contributed by atoms with Crippen LogP contribution in [0.3, 0.4) is 0 Å². The maximum atomic E-state index is 14.2. The van der Waals surface area contributed by atoms with Crippen molar-refractivity contribution in [3.05, 3.63) is 71.8 Å². The van der Waals surface area contributed by atoms with E-state index < -0.39 is 50.4 Å². The highest BCUT2D eigenvalue weighted by Crippen LogP contribution is 2.43. The fourth-order valence-electron chi connectivity index (χ4n) is 3.25. The topological polar surface area (TPSA) is 83.1 Å². The Hall–Kier alpha value is -2.89. The van der Waals surface area contributed by atoms with Crippen molar-refractivity contribution >= 4 is 20.4 Å². The number of hydrogen-bond acceptors (Lipinski definition) is 6. The summed E-state index contributed by atoms with van der Waals surface area (Å²) in [5.74, 6) is -1.66. The minimum atomic E-state index is -5.12. The third-order valence-corrected chi connectivity index (χ3v) is 11.1. The molecule has 0 radical (unpaired) electrons. The first-order chi connectivity index (χ1) is 17.6. The maximum absolute atomic E-state index is 14.2. The number of carbonyl (C=O) groups excluding carboxylic acids is 2. The normalized spacial score (nSPS) is 14.8. The summed E-state index contributed by atoms with van der Waals surface area (Å²) in [7, 11) is -1.52. The Morgan fingerprint density at radius 3 is 1.95 bits per heavy atom. The fourth-order valence-corrected chi connectivity index (χ4v) is 4.30. The lowest BCUT2D eigenvalue weighted by Gasteiger charge is -2.37. The molecule has 7 nitrogen and oxygen atoms in total. The van der Waals surface area contributed by atoms with E-state index in [-0.39, 0.29) is 18.3 Å². The van der Waals surface area contributed by atoms with Crippen LogP contribution in [-0.2, 0) is 35.6 Å². The summed E-state index contributed by atoms with van der Waals surface area (Å²) < 4.78 is 63.9. The van der Waals surface area contributed by atoms with E-state index in [1.54, 1.807) is 24.3 Å². The summed E-state index contributed by atoms with van der Waals surface area (Å²) in [6.07, 6.45) is -5.94. The van der Waals surface area contributed by atoms with Gasteiger partial charge in [-0.05, 0) is 23.7 Å². The van der Waals surface area contributed by atoms with Gasteiger partial charge in [-0.25, -0.2) is 9.59 Å². The van der Waals surface area contributed by atoms with Crippen molar-refractivity contribution in [1.82, 2.24) is 5.32 Å². The number of alkyl carbamates (subject to hydrolysis) is 1. The van der Waals surface area contributed by atoms with Crippen LogP contribution in [0.15, 0.2) is 60.7 Å². The number of amides is 1. The monoisotopic (exact) mass is 555 g/mol. The number of rotatable bonds is 11. The van der Waals surface area contributed by atoms with Gasteiger partial charge < -0.3 is 24.0 Å².